The highest BCUT2D eigenvalue weighted by Gasteiger charge is 2.35. The number of fused-ring (bicyclic) bond motifs is 1. The fourth-order valence-corrected chi connectivity index (χ4v) is 4.15. The molecular weight excluding hydrogens is 246 g/mol. The Morgan fingerprint density at radius 2 is 1.78 bits per heavy atom. The predicted molar refractivity (Wildman–Crippen MR) is 79.2 cm³/mol. The molecule has 0 bridgehead atoms. The highest BCUT2D eigenvalue weighted by molar-refractivity contribution is 5.85. The normalized spacial score (nSPS) is 31.8. The van der Waals surface area contributed by atoms with Gasteiger partial charge in [-0.2, -0.15) is 0 Å². The van der Waals surface area contributed by atoms with Gasteiger partial charge in [0, 0.05) is 13.1 Å². The minimum Gasteiger partial charge on any atom is -0.395 e. The summed E-state index contributed by atoms with van der Waals surface area (Å²) in [5, 5.41) is 9.09. The molecule has 0 aliphatic heterocycles. The van der Waals surface area contributed by atoms with Crippen molar-refractivity contribution >= 4 is 12.4 Å². The minimum atomic E-state index is 0. The second-order valence-electron chi connectivity index (χ2n) is 6.02. The van der Waals surface area contributed by atoms with Crippen LogP contribution in [0.2, 0.25) is 0 Å². The van der Waals surface area contributed by atoms with Gasteiger partial charge in [-0.25, -0.2) is 0 Å². The average Bonchev–Trinajstić information content (AvgIpc) is 2.38. The Kier molecular flexibility index (Phi) is 7.59. The number of rotatable bonds is 5. The van der Waals surface area contributed by atoms with Gasteiger partial charge in [-0.1, -0.05) is 39.0 Å². The van der Waals surface area contributed by atoms with Crippen LogP contribution in [0.15, 0.2) is 0 Å². The summed E-state index contributed by atoms with van der Waals surface area (Å²) in [6.45, 7) is 5.72. The van der Waals surface area contributed by atoms with Gasteiger partial charge >= 0.3 is 0 Å². The lowest BCUT2D eigenvalue weighted by atomic mass is 9.65. The first-order valence-corrected chi connectivity index (χ1v) is 7.68. The Bertz CT molecular complexity index is 223. The van der Waals surface area contributed by atoms with Crippen molar-refractivity contribution in [3.63, 3.8) is 0 Å². The summed E-state index contributed by atoms with van der Waals surface area (Å²) in [6, 6.07) is 0. The molecule has 0 aromatic rings. The van der Waals surface area contributed by atoms with Gasteiger partial charge in [-0.15, -0.1) is 12.4 Å². The van der Waals surface area contributed by atoms with E-state index in [9.17, 15) is 0 Å². The standard InChI is InChI=1S/C15H29NO.ClH/c1-2-16(10-11-17)12-14-8-5-7-13-6-3-4-9-15(13)14;/h13-15,17H,2-12H2,1H3;1H/t13-,14-,15+;/m0./s1. The summed E-state index contributed by atoms with van der Waals surface area (Å²) in [7, 11) is 0. The van der Waals surface area contributed by atoms with Gasteiger partial charge in [0.2, 0.25) is 0 Å². The maximum atomic E-state index is 9.09. The molecule has 2 nitrogen and oxygen atoms in total. The van der Waals surface area contributed by atoms with Crippen molar-refractivity contribution in [1.82, 2.24) is 4.90 Å². The molecule has 0 aromatic heterocycles. The molecule has 18 heavy (non-hydrogen) atoms. The Hall–Kier alpha value is 0.210. The van der Waals surface area contributed by atoms with Crippen LogP contribution in [0.4, 0.5) is 0 Å². The van der Waals surface area contributed by atoms with E-state index in [4.69, 9.17) is 5.11 Å². The van der Waals surface area contributed by atoms with E-state index in [1.807, 2.05) is 0 Å². The lowest BCUT2D eigenvalue weighted by Gasteiger charge is -2.43. The Labute approximate surface area is 119 Å². The van der Waals surface area contributed by atoms with Gasteiger partial charge in [0.25, 0.3) is 0 Å². The molecule has 0 saturated heterocycles. The SMILES string of the molecule is CCN(CCO)C[C@@H]1CCC[C@@H]2CCCC[C@H]21.Cl. The number of hydrogen-bond donors (Lipinski definition) is 1. The molecule has 2 saturated carbocycles. The first-order valence-electron chi connectivity index (χ1n) is 7.68. The molecule has 2 aliphatic rings. The fourth-order valence-electron chi connectivity index (χ4n) is 4.15. The van der Waals surface area contributed by atoms with Gasteiger partial charge in [0.15, 0.2) is 0 Å². The maximum Gasteiger partial charge on any atom is 0.0558 e. The third-order valence-corrected chi connectivity index (χ3v) is 5.08. The Morgan fingerprint density at radius 3 is 2.50 bits per heavy atom. The molecule has 2 fully saturated rings. The maximum absolute atomic E-state index is 9.09. The number of aliphatic hydroxyl groups is 1. The zero-order valence-electron chi connectivity index (χ0n) is 11.8. The zero-order chi connectivity index (χ0) is 12.1. The molecule has 2 rings (SSSR count). The van der Waals surface area contributed by atoms with E-state index in [1.165, 1.54) is 51.5 Å². The van der Waals surface area contributed by atoms with Crippen LogP contribution < -0.4 is 0 Å². The van der Waals surface area contributed by atoms with E-state index in [1.54, 1.807) is 0 Å². The van der Waals surface area contributed by atoms with Crippen molar-refractivity contribution in [3.8, 4) is 0 Å². The summed E-state index contributed by atoms with van der Waals surface area (Å²) in [5.41, 5.74) is 0. The quantitative estimate of drug-likeness (QED) is 0.832. The number of halogens is 1. The monoisotopic (exact) mass is 275 g/mol. The van der Waals surface area contributed by atoms with Gasteiger partial charge in [-0.05, 0) is 37.1 Å². The van der Waals surface area contributed by atoms with Crippen LogP contribution in [-0.4, -0.2) is 36.2 Å². The Balaban J connectivity index is 0.00000162. The zero-order valence-corrected chi connectivity index (χ0v) is 12.6. The van der Waals surface area contributed by atoms with Crippen molar-refractivity contribution < 1.29 is 5.11 Å². The van der Waals surface area contributed by atoms with Crippen molar-refractivity contribution in [2.75, 3.05) is 26.2 Å². The predicted octanol–water partition coefficient (Wildman–Crippen LogP) is 3.33. The molecule has 0 aromatic carbocycles. The molecule has 2 aliphatic carbocycles. The average molecular weight is 276 g/mol. The summed E-state index contributed by atoms with van der Waals surface area (Å²) in [6.07, 6.45) is 10.3. The molecule has 1 N–H and O–H groups in total. The molecule has 3 heteroatoms. The third kappa shape index (κ3) is 4.11. The van der Waals surface area contributed by atoms with E-state index < -0.39 is 0 Å². The van der Waals surface area contributed by atoms with E-state index >= 15 is 0 Å². The Morgan fingerprint density at radius 1 is 1.06 bits per heavy atom. The largest absolute Gasteiger partial charge is 0.395 e. The number of hydrogen-bond acceptors (Lipinski definition) is 2. The van der Waals surface area contributed by atoms with E-state index in [2.05, 4.69) is 11.8 Å². The van der Waals surface area contributed by atoms with E-state index in [0.29, 0.717) is 6.61 Å². The van der Waals surface area contributed by atoms with Crippen LogP contribution in [-0.2, 0) is 0 Å². The molecule has 0 spiro atoms. The van der Waals surface area contributed by atoms with Crippen molar-refractivity contribution in [1.29, 1.82) is 0 Å². The first kappa shape index (κ1) is 16.3. The van der Waals surface area contributed by atoms with Crippen LogP contribution in [0.1, 0.15) is 51.9 Å². The number of likely N-dealkylation sites (N-methyl/N-ethyl adjacent to an activating group) is 1. The second kappa shape index (κ2) is 8.39. The fraction of sp³-hybridized carbons (Fsp3) is 1.00. The summed E-state index contributed by atoms with van der Waals surface area (Å²) < 4.78 is 0. The van der Waals surface area contributed by atoms with Gasteiger partial charge in [-0.3, -0.25) is 0 Å². The number of aliphatic hydroxyl groups excluding tert-OH is 1. The highest BCUT2D eigenvalue weighted by atomic mass is 35.5. The molecule has 0 amide bonds. The van der Waals surface area contributed by atoms with Crippen molar-refractivity contribution in [2.24, 2.45) is 17.8 Å². The van der Waals surface area contributed by atoms with Crippen LogP contribution in [0.25, 0.3) is 0 Å². The van der Waals surface area contributed by atoms with E-state index in [-0.39, 0.29) is 12.4 Å². The first-order chi connectivity index (χ1) is 8.35. The molecule has 0 heterocycles. The summed E-state index contributed by atoms with van der Waals surface area (Å²) >= 11 is 0. The second-order valence-corrected chi connectivity index (χ2v) is 6.02. The van der Waals surface area contributed by atoms with Crippen LogP contribution in [0.3, 0.4) is 0 Å². The van der Waals surface area contributed by atoms with Gasteiger partial charge < -0.3 is 10.0 Å². The lowest BCUT2D eigenvalue weighted by molar-refractivity contribution is 0.0685. The molecular formula is C15H30ClNO. The van der Waals surface area contributed by atoms with E-state index in [0.717, 1.165) is 30.8 Å². The minimum absolute atomic E-state index is 0. The third-order valence-electron chi connectivity index (χ3n) is 5.08. The lowest BCUT2D eigenvalue weighted by Crippen LogP contribution is -2.40. The number of nitrogens with zero attached hydrogens (tertiary/aromatic N) is 1. The molecule has 3 atom stereocenters. The summed E-state index contributed by atoms with van der Waals surface area (Å²) in [4.78, 5) is 2.45. The van der Waals surface area contributed by atoms with Gasteiger partial charge in [0.05, 0.1) is 6.61 Å². The van der Waals surface area contributed by atoms with Crippen molar-refractivity contribution in [2.45, 2.75) is 51.9 Å². The van der Waals surface area contributed by atoms with Crippen LogP contribution in [0, 0.1) is 17.8 Å². The molecule has 0 unspecified atom stereocenters. The summed E-state index contributed by atoms with van der Waals surface area (Å²) in [5.74, 6) is 2.96. The van der Waals surface area contributed by atoms with Crippen molar-refractivity contribution in [3.05, 3.63) is 0 Å². The molecule has 0 radical (unpaired) electrons. The molecule has 108 valence electrons. The van der Waals surface area contributed by atoms with Crippen LogP contribution in [0.5, 0.6) is 0 Å². The van der Waals surface area contributed by atoms with Crippen LogP contribution >= 0.6 is 12.4 Å². The van der Waals surface area contributed by atoms with Gasteiger partial charge in [0.1, 0.15) is 0 Å². The smallest absolute Gasteiger partial charge is 0.0558 e. The highest BCUT2D eigenvalue weighted by Crippen LogP contribution is 2.43. The topological polar surface area (TPSA) is 23.5 Å².